The highest BCUT2D eigenvalue weighted by atomic mass is 19.2. The van der Waals surface area contributed by atoms with E-state index < -0.39 is 11.6 Å². The molecule has 3 nitrogen and oxygen atoms in total. The van der Waals surface area contributed by atoms with Crippen molar-refractivity contribution in [2.24, 2.45) is 5.41 Å². The Morgan fingerprint density at radius 2 is 2.05 bits per heavy atom. The summed E-state index contributed by atoms with van der Waals surface area (Å²) in [4.78, 5) is 12.2. The van der Waals surface area contributed by atoms with Crippen LogP contribution in [0.15, 0.2) is 18.2 Å². The number of piperidine rings is 1. The van der Waals surface area contributed by atoms with Crippen molar-refractivity contribution in [1.82, 2.24) is 10.6 Å². The van der Waals surface area contributed by atoms with Crippen molar-refractivity contribution in [3.8, 4) is 0 Å². The summed E-state index contributed by atoms with van der Waals surface area (Å²) in [7, 11) is 0. The third-order valence-electron chi connectivity index (χ3n) is 3.89. The highest BCUT2D eigenvalue weighted by Crippen LogP contribution is 2.27. The van der Waals surface area contributed by atoms with Gasteiger partial charge in [0.2, 0.25) is 5.91 Å². The number of amides is 1. The van der Waals surface area contributed by atoms with Crippen LogP contribution >= 0.6 is 0 Å². The third-order valence-corrected chi connectivity index (χ3v) is 3.89. The zero-order chi connectivity index (χ0) is 16.3. The normalized spacial score (nSPS) is 22.4. The van der Waals surface area contributed by atoms with Crippen LogP contribution in [0, 0.1) is 17.0 Å². The van der Waals surface area contributed by atoms with Crippen LogP contribution in [0.25, 0.3) is 0 Å². The molecule has 0 bridgehead atoms. The molecule has 2 atom stereocenters. The van der Waals surface area contributed by atoms with Gasteiger partial charge in [-0.2, -0.15) is 0 Å². The van der Waals surface area contributed by atoms with E-state index in [1.165, 1.54) is 6.07 Å². The molecule has 5 heteroatoms. The molecule has 1 aromatic carbocycles. The van der Waals surface area contributed by atoms with Crippen molar-refractivity contribution in [2.75, 3.05) is 13.1 Å². The predicted molar refractivity (Wildman–Crippen MR) is 82.6 cm³/mol. The summed E-state index contributed by atoms with van der Waals surface area (Å²) in [5, 5.41) is 6.29. The van der Waals surface area contributed by atoms with E-state index in [1.807, 2.05) is 20.8 Å². The molecule has 1 aromatic rings. The molecule has 0 aromatic heterocycles. The van der Waals surface area contributed by atoms with E-state index >= 15 is 0 Å². The first-order valence-corrected chi connectivity index (χ1v) is 7.71. The molecule has 1 heterocycles. The smallest absolute Gasteiger partial charge is 0.220 e. The topological polar surface area (TPSA) is 41.1 Å². The van der Waals surface area contributed by atoms with Crippen LogP contribution in [0.1, 0.15) is 45.1 Å². The maximum Gasteiger partial charge on any atom is 0.220 e. The monoisotopic (exact) mass is 310 g/mol. The van der Waals surface area contributed by atoms with Gasteiger partial charge in [-0.3, -0.25) is 4.79 Å². The number of hydrogen-bond acceptors (Lipinski definition) is 2. The second-order valence-corrected chi connectivity index (χ2v) is 7.18. The molecular formula is C17H24F2N2O. The summed E-state index contributed by atoms with van der Waals surface area (Å²) in [5.41, 5.74) is 0.658. The number of halogens is 2. The van der Waals surface area contributed by atoms with Gasteiger partial charge in [-0.15, -0.1) is 0 Å². The van der Waals surface area contributed by atoms with E-state index in [0.29, 0.717) is 13.0 Å². The lowest BCUT2D eigenvalue weighted by Crippen LogP contribution is -2.50. The van der Waals surface area contributed by atoms with Crippen molar-refractivity contribution < 1.29 is 13.6 Å². The van der Waals surface area contributed by atoms with Crippen molar-refractivity contribution in [2.45, 2.75) is 45.6 Å². The molecule has 1 saturated heterocycles. The molecule has 0 radical (unpaired) electrons. The fourth-order valence-corrected chi connectivity index (χ4v) is 2.89. The fraction of sp³-hybridized carbons (Fsp3) is 0.588. The predicted octanol–water partition coefficient (Wildman–Crippen LogP) is 2.96. The minimum Gasteiger partial charge on any atom is -0.351 e. The molecule has 1 aliphatic heterocycles. The summed E-state index contributed by atoms with van der Waals surface area (Å²) in [6.07, 6.45) is 1.22. The van der Waals surface area contributed by atoms with Gasteiger partial charge in [0.15, 0.2) is 11.6 Å². The van der Waals surface area contributed by atoms with Crippen LogP contribution in [-0.4, -0.2) is 25.0 Å². The van der Waals surface area contributed by atoms with Gasteiger partial charge in [0.05, 0.1) is 0 Å². The lowest BCUT2D eigenvalue weighted by Gasteiger charge is -2.34. The molecule has 0 saturated carbocycles. The molecule has 122 valence electrons. The molecule has 0 aliphatic carbocycles. The van der Waals surface area contributed by atoms with E-state index in [0.717, 1.165) is 24.6 Å². The van der Waals surface area contributed by atoms with Crippen molar-refractivity contribution in [1.29, 1.82) is 0 Å². The van der Waals surface area contributed by atoms with Crippen LogP contribution in [0.2, 0.25) is 0 Å². The Labute approximate surface area is 130 Å². The second kappa shape index (κ2) is 6.73. The Balaban J connectivity index is 2.11. The molecule has 2 rings (SSSR count). The summed E-state index contributed by atoms with van der Waals surface area (Å²) >= 11 is 0. The highest BCUT2D eigenvalue weighted by Gasteiger charge is 2.29. The number of carbonyl (C=O) groups is 1. The molecule has 1 amide bonds. The zero-order valence-electron chi connectivity index (χ0n) is 13.4. The van der Waals surface area contributed by atoms with Gasteiger partial charge in [0.1, 0.15) is 0 Å². The quantitative estimate of drug-likeness (QED) is 0.901. The van der Waals surface area contributed by atoms with Gasteiger partial charge in [0.25, 0.3) is 0 Å². The standard InChI is InChI=1S/C17H24F2N2O/c1-17(2,3)9-16(22)21-15-10-20-7-6-12(15)11-4-5-13(18)14(19)8-11/h4-5,8,12,15,20H,6-7,9-10H2,1-3H3,(H,21,22). The minimum absolute atomic E-state index is 0.000248. The highest BCUT2D eigenvalue weighted by molar-refractivity contribution is 5.77. The van der Waals surface area contributed by atoms with Gasteiger partial charge < -0.3 is 10.6 Å². The SMILES string of the molecule is CC(C)(C)CC(=O)NC1CNCCC1c1ccc(F)c(F)c1. The Morgan fingerprint density at radius 1 is 1.32 bits per heavy atom. The van der Waals surface area contributed by atoms with E-state index in [2.05, 4.69) is 10.6 Å². The largest absolute Gasteiger partial charge is 0.351 e. The Morgan fingerprint density at radius 3 is 2.68 bits per heavy atom. The van der Waals surface area contributed by atoms with Gasteiger partial charge in [-0.25, -0.2) is 8.78 Å². The van der Waals surface area contributed by atoms with Crippen molar-refractivity contribution >= 4 is 5.91 Å². The minimum atomic E-state index is -0.842. The van der Waals surface area contributed by atoms with Crippen LogP contribution in [-0.2, 0) is 4.79 Å². The first-order valence-electron chi connectivity index (χ1n) is 7.71. The number of benzene rings is 1. The number of nitrogens with one attached hydrogen (secondary N) is 2. The first kappa shape index (κ1) is 16.9. The molecule has 1 aliphatic rings. The summed E-state index contributed by atoms with van der Waals surface area (Å²) in [6, 6.07) is 3.90. The molecule has 22 heavy (non-hydrogen) atoms. The average Bonchev–Trinajstić information content (AvgIpc) is 2.40. The van der Waals surface area contributed by atoms with Crippen molar-refractivity contribution in [3.63, 3.8) is 0 Å². The third kappa shape index (κ3) is 4.50. The number of carbonyl (C=O) groups excluding carboxylic acids is 1. The number of hydrogen-bond donors (Lipinski definition) is 2. The zero-order valence-corrected chi connectivity index (χ0v) is 13.4. The fourth-order valence-electron chi connectivity index (χ4n) is 2.89. The molecule has 0 spiro atoms. The Kier molecular flexibility index (Phi) is 5.16. The van der Waals surface area contributed by atoms with Gasteiger partial charge in [-0.1, -0.05) is 26.8 Å². The maximum absolute atomic E-state index is 13.5. The van der Waals surface area contributed by atoms with Crippen LogP contribution < -0.4 is 10.6 Å². The van der Waals surface area contributed by atoms with Crippen LogP contribution in [0.4, 0.5) is 8.78 Å². The van der Waals surface area contributed by atoms with Gasteiger partial charge in [0, 0.05) is 24.9 Å². The number of rotatable bonds is 3. The van der Waals surface area contributed by atoms with Crippen LogP contribution in [0.5, 0.6) is 0 Å². The first-order chi connectivity index (χ1) is 10.3. The van der Waals surface area contributed by atoms with E-state index in [4.69, 9.17) is 0 Å². The lowest BCUT2D eigenvalue weighted by molar-refractivity contribution is -0.123. The summed E-state index contributed by atoms with van der Waals surface area (Å²) in [5.74, 6) is -1.68. The maximum atomic E-state index is 13.5. The van der Waals surface area contributed by atoms with Gasteiger partial charge in [-0.05, 0) is 36.1 Å². The Bertz CT molecular complexity index is 540. The molecule has 2 unspecified atom stereocenters. The van der Waals surface area contributed by atoms with Crippen LogP contribution in [0.3, 0.4) is 0 Å². The molecular weight excluding hydrogens is 286 g/mol. The van der Waals surface area contributed by atoms with E-state index in [1.54, 1.807) is 6.07 Å². The van der Waals surface area contributed by atoms with E-state index in [9.17, 15) is 13.6 Å². The average molecular weight is 310 g/mol. The molecule has 2 N–H and O–H groups in total. The second-order valence-electron chi connectivity index (χ2n) is 7.18. The Hall–Kier alpha value is -1.49. The lowest BCUT2D eigenvalue weighted by atomic mass is 9.85. The molecule has 1 fully saturated rings. The van der Waals surface area contributed by atoms with Gasteiger partial charge >= 0.3 is 0 Å². The van der Waals surface area contributed by atoms with Crippen molar-refractivity contribution in [3.05, 3.63) is 35.4 Å². The summed E-state index contributed by atoms with van der Waals surface area (Å²) < 4.78 is 26.6. The summed E-state index contributed by atoms with van der Waals surface area (Å²) in [6.45, 7) is 7.48. The van der Waals surface area contributed by atoms with E-state index in [-0.39, 0.29) is 23.3 Å².